The lowest BCUT2D eigenvalue weighted by molar-refractivity contribution is -0.188. The molecule has 0 heterocycles. The molecule has 0 bridgehead atoms. The minimum Gasteiger partial charge on any atom is -0.479 e. The summed E-state index contributed by atoms with van der Waals surface area (Å²) in [6.07, 6.45) is -6.49. The van der Waals surface area contributed by atoms with E-state index in [4.69, 9.17) is 14.6 Å². The fraction of sp³-hybridized carbons (Fsp3) is 0.467. The van der Waals surface area contributed by atoms with Gasteiger partial charge in [0.2, 0.25) is 0 Å². The van der Waals surface area contributed by atoms with E-state index in [1.807, 2.05) is 0 Å². The Kier molecular flexibility index (Phi) is 6.91. The lowest BCUT2D eigenvalue weighted by Crippen LogP contribution is -2.52. The van der Waals surface area contributed by atoms with Gasteiger partial charge >= 0.3 is 18.1 Å². The van der Waals surface area contributed by atoms with Gasteiger partial charge in [0, 0.05) is 13.5 Å². The summed E-state index contributed by atoms with van der Waals surface area (Å²) < 4.78 is 48.0. The summed E-state index contributed by atoms with van der Waals surface area (Å²) in [7, 11) is 1.19. The van der Waals surface area contributed by atoms with Gasteiger partial charge in [0.15, 0.2) is 0 Å². The van der Waals surface area contributed by atoms with E-state index in [9.17, 15) is 33.0 Å². The first-order valence-corrected chi connectivity index (χ1v) is 6.97. The maximum absolute atomic E-state index is 12.8. The van der Waals surface area contributed by atoms with Crippen molar-refractivity contribution in [3.8, 4) is 0 Å². The van der Waals surface area contributed by atoms with Gasteiger partial charge in [-0.05, 0) is 11.6 Å². The zero-order chi connectivity index (χ0) is 19.3. The van der Waals surface area contributed by atoms with Crippen molar-refractivity contribution in [2.45, 2.75) is 24.3 Å². The summed E-state index contributed by atoms with van der Waals surface area (Å²) in [5.74, 6) is -3.77. The lowest BCUT2D eigenvalue weighted by Gasteiger charge is -2.27. The van der Waals surface area contributed by atoms with Gasteiger partial charge in [-0.25, -0.2) is 9.59 Å². The van der Waals surface area contributed by atoms with Crippen LogP contribution in [0.25, 0.3) is 0 Å². The van der Waals surface area contributed by atoms with Crippen molar-refractivity contribution in [3.63, 3.8) is 0 Å². The summed E-state index contributed by atoms with van der Waals surface area (Å²) in [6.45, 7) is -1.14. The Morgan fingerprint density at radius 3 is 2.24 bits per heavy atom. The van der Waals surface area contributed by atoms with Crippen LogP contribution in [0.4, 0.5) is 13.2 Å². The number of carboxylic acid groups (broad SMARTS) is 2. The van der Waals surface area contributed by atoms with Gasteiger partial charge in [0.1, 0.15) is 6.10 Å². The maximum Gasteiger partial charge on any atom is 0.416 e. The predicted octanol–water partition coefficient (Wildman–Crippen LogP) is 1.18. The highest BCUT2D eigenvalue weighted by molar-refractivity contribution is 6.02. The van der Waals surface area contributed by atoms with Crippen LogP contribution in [-0.2, 0) is 31.7 Å². The molecule has 140 valence electrons. The van der Waals surface area contributed by atoms with Crippen molar-refractivity contribution in [2.24, 2.45) is 0 Å². The van der Waals surface area contributed by atoms with Gasteiger partial charge in [0.05, 0.1) is 18.8 Å². The second-order valence-corrected chi connectivity index (χ2v) is 5.16. The molecule has 0 aromatic heterocycles. The molecule has 1 aromatic carbocycles. The summed E-state index contributed by atoms with van der Waals surface area (Å²) in [5, 5.41) is 27.6. The number of alkyl halides is 3. The molecule has 0 saturated heterocycles. The Morgan fingerprint density at radius 1 is 1.20 bits per heavy atom. The third-order valence-electron chi connectivity index (χ3n) is 3.45. The molecule has 25 heavy (non-hydrogen) atoms. The molecule has 0 aliphatic rings. The Labute approximate surface area is 140 Å². The van der Waals surface area contributed by atoms with Crippen LogP contribution in [0, 0.1) is 0 Å². The van der Waals surface area contributed by atoms with Crippen molar-refractivity contribution in [1.29, 1.82) is 0 Å². The van der Waals surface area contributed by atoms with Crippen molar-refractivity contribution in [2.75, 3.05) is 20.3 Å². The number of aliphatic hydroxyl groups excluding tert-OH is 1. The standard InChI is InChI=1S/C15H17F3O7/c1-24-11(7-19)8-25-14(12(20)21,13(22)23)6-9-3-2-4-10(5-9)15(16,17)18/h2-5,11,19H,6-8H2,1H3,(H,20,21)(H,22,23)/t11-/m0/s1. The zero-order valence-corrected chi connectivity index (χ0v) is 13.1. The lowest BCUT2D eigenvalue weighted by atomic mass is 9.93. The average molecular weight is 366 g/mol. The molecule has 1 aromatic rings. The Bertz CT molecular complexity index is 597. The van der Waals surface area contributed by atoms with E-state index in [1.54, 1.807) is 0 Å². The van der Waals surface area contributed by atoms with Crippen LogP contribution in [0.15, 0.2) is 24.3 Å². The number of carbonyl (C=O) groups is 2. The summed E-state index contributed by atoms with van der Waals surface area (Å²) in [4.78, 5) is 23.0. The molecular formula is C15H17F3O7. The second-order valence-electron chi connectivity index (χ2n) is 5.16. The predicted molar refractivity (Wildman–Crippen MR) is 77.0 cm³/mol. The summed E-state index contributed by atoms with van der Waals surface area (Å²) in [5.41, 5.74) is -4.05. The van der Waals surface area contributed by atoms with E-state index >= 15 is 0 Å². The normalized spacial score (nSPS) is 13.5. The van der Waals surface area contributed by atoms with E-state index in [1.165, 1.54) is 13.2 Å². The van der Waals surface area contributed by atoms with Gasteiger partial charge in [0.25, 0.3) is 5.60 Å². The van der Waals surface area contributed by atoms with Crippen LogP contribution < -0.4 is 0 Å². The Hall–Kier alpha value is -2.17. The number of carboxylic acids is 2. The first kappa shape index (κ1) is 20.9. The van der Waals surface area contributed by atoms with Crippen molar-refractivity contribution in [3.05, 3.63) is 35.4 Å². The summed E-state index contributed by atoms with van der Waals surface area (Å²) in [6, 6.07) is 3.64. The van der Waals surface area contributed by atoms with Crippen LogP contribution in [0.5, 0.6) is 0 Å². The number of benzene rings is 1. The molecule has 0 unspecified atom stereocenters. The molecule has 0 spiro atoms. The van der Waals surface area contributed by atoms with Crippen molar-refractivity contribution >= 4 is 11.9 Å². The van der Waals surface area contributed by atoms with E-state index in [-0.39, 0.29) is 5.56 Å². The molecular weight excluding hydrogens is 349 g/mol. The molecule has 0 radical (unpaired) electrons. The van der Waals surface area contributed by atoms with Gasteiger partial charge in [-0.15, -0.1) is 0 Å². The van der Waals surface area contributed by atoms with Gasteiger partial charge in [-0.2, -0.15) is 13.2 Å². The van der Waals surface area contributed by atoms with Crippen LogP contribution in [-0.4, -0.2) is 59.3 Å². The number of methoxy groups -OCH3 is 1. The third kappa shape index (κ3) is 5.15. The van der Waals surface area contributed by atoms with E-state index in [0.717, 1.165) is 12.1 Å². The Balaban J connectivity index is 3.17. The number of halogens is 3. The quantitative estimate of drug-likeness (QED) is 0.563. The van der Waals surface area contributed by atoms with Crippen LogP contribution in [0.3, 0.4) is 0 Å². The van der Waals surface area contributed by atoms with E-state index < -0.39 is 55.0 Å². The molecule has 10 heteroatoms. The fourth-order valence-corrected chi connectivity index (χ4v) is 1.99. The highest BCUT2D eigenvalue weighted by Crippen LogP contribution is 2.31. The number of ether oxygens (including phenoxy) is 2. The van der Waals surface area contributed by atoms with Crippen LogP contribution in [0.1, 0.15) is 11.1 Å². The second kappa shape index (κ2) is 8.28. The van der Waals surface area contributed by atoms with E-state index in [0.29, 0.717) is 6.07 Å². The summed E-state index contributed by atoms with van der Waals surface area (Å²) >= 11 is 0. The molecule has 1 atom stereocenters. The Morgan fingerprint density at radius 2 is 1.80 bits per heavy atom. The molecule has 0 saturated carbocycles. The first-order chi connectivity index (χ1) is 11.6. The average Bonchev–Trinajstić information content (AvgIpc) is 2.53. The number of hydrogen-bond donors (Lipinski definition) is 3. The molecule has 3 N–H and O–H groups in total. The van der Waals surface area contributed by atoms with Gasteiger partial charge in [-0.3, -0.25) is 0 Å². The maximum atomic E-state index is 12.8. The number of rotatable bonds is 9. The van der Waals surface area contributed by atoms with Crippen molar-refractivity contribution < 1.29 is 47.6 Å². The minimum absolute atomic E-state index is 0.183. The first-order valence-electron chi connectivity index (χ1n) is 6.97. The molecule has 0 fully saturated rings. The molecule has 0 aliphatic heterocycles. The monoisotopic (exact) mass is 366 g/mol. The smallest absolute Gasteiger partial charge is 0.416 e. The van der Waals surface area contributed by atoms with Crippen molar-refractivity contribution in [1.82, 2.24) is 0 Å². The molecule has 7 nitrogen and oxygen atoms in total. The zero-order valence-electron chi connectivity index (χ0n) is 13.1. The SMILES string of the molecule is CO[C@@H](CO)COC(Cc1cccc(C(F)(F)F)c1)(C(=O)O)C(=O)O. The third-order valence-corrected chi connectivity index (χ3v) is 3.45. The van der Waals surface area contributed by atoms with Gasteiger partial charge < -0.3 is 24.8 Å². The molecule has 0 amide bonds. The highest BCUT2D eigenvalue weighted by Gasteiger charge is 2.49. The number of hydrogen-bond acceptors (Lipinski definition) is 5. The minimum atomic E-state index is -4.66. The topological polar surface area (TPSA) is 113 Å². The van der Waals surface area contributed by atoms with Crippen LogP contribution in [0.2, 0.25) is 0 Å². The van der Waals surface area contributed by atoms with E-state index in [2.05, 4.69) is 0 Å². The molecule has 0 aliphatic carbocycles. The largest absolute Gasteiger partial charge is 0.479 e. The van der Waals surface area contributed by atoms with Gasteiger partial charge in [-0.1, -0.05) is 18.2 Å². The highest BCUT2D eigenvalue weighted by atomic mass is 19.4. The fourth-order valence-electron chi connectivity index (χ4n) is 1.99. The number of aliphatic hydroxyl groups is 1. The number of aliphatic carboxylic acids is 2. The van der Waals surface area contributed by atoms with Crippen LogP contribution >= 0.6 is 0 Å². The molecule has 1 rings (SSSR count).